The van der Waals surface area contributed by atoms with Crippen molar-refractivity contribution in [1.29, 1.82) is 5.41 Å². The molecule has 0 radical (unpaired) electrons. The molecule has 0 saturated carbocycles. The highest BCUT2D eigenvalue weighted by Crippen LogP contribution is 2.32. The Hall–Kier alpha value is -2.31. The van der Waals surface area contributed by atoms with Gasteiger partial charge in [-0.15, -0.1) is 0 Å². The Bertz CT molecular complexity index is 673. The number of ether oxygens (including phenoxy) is 1. The number of nitrogen functional groups attached to an aromatic ring is 1. The smallest absolute Gasteiger partial charge is 0.288 e. The summed E-state index contributed by atoms with van der Waals surface area (Å²) in [4.78, 5) is 10.1. The van der Waals surface area contributed by atoms with Crippen molar-refractivity contribution in [1.82, 2.24) is 0 Å². The van der Waals surface area contributed by atoms with Gasteiger partial charge in [0.15, 0.2) is 0 Å². The third kappa shape index (κ3) is 3.42. The number of benzene rings is 2. The SMILES string of the molecule is N=C(N)c1ccc(Oc2ccc([N+](=O)[O-])c(Cl)c2)cc1Cl. The summed E-state index contributed by atoms with van der Waals surface area (Å²) in [6, 6.07) is 8.64. The summed E-state index contributed by atoms with van der Waals surface area (Å²) in [7, 11) is 0. The maximum absolute atomic E-state index is 10.7. The molecule has 0 aliphatic heterocycles. The average molecular weight is 326 g/mol. The first-order valence-electron chi connectivity index (χ1n) is 5.64. The highest BCUT2D eigenvalue weighted by molar-refractivity contribution is 6.34. The van der Waals surface area contributed by atoms with E-state index >= 15 is 0 Å². The summed E-state index contributed by atoms with van der Waals surface area (Å²) < 4.78 is 5.51. The third-order valence-corrected chi connectivity index (χ3v) is 3.20. The quantitative estimate of drug-likeness (QED) is 0.384. The first kappa shape index (κ1) is 15.1. The zero-order chi connectivity index (χ0) is 15.6. The molecule has 2 aromatic rings. The van der Waals surface area contributed by atoms with Crippen molar-refractivity contribution < 1.29 is 9.66 Å². The Morgan fingerprint density at radius 2 is 1.71 bits per heavy atom. The monoisotopic (exact) mass is 325 g/mol. The van der Waals surface area contributed by atoms with Gasteiger partial charge < -0.3 is 10.5 Å². The van der Waals surface area contributed by atoms with Gasteiger partial charge in [-0.1, -0.05) is 23.2 Å². The van der Waals surface area contributed by atoms with E-state index in [1.54, 1.807) is 12.1 Å². The summed E-state index contributed by atoms with van der Waals surface area (Å²) in [6.45, 7) is 0. The fourth-order valence-electron chi connectivity index (χ4n) is 1.61. The van der Waals surface area contributed by atoms with Crippen LogP contribution >= 0.6 is 23.2 Å². The predicted molar refractivity (Wildman–Crippen MR) is 80.6 cm³/mol. The summed E-state index contributed by atoms with van der Waals surface area (Å²) in [5, 5.41) is 18.2. The molecule has 2 rings (SSSR count). The van der Waals surface area contributed by atoms with Crippen molar-refractivity contribution >= 4 is 34.7 Å². The Kier molecular flexibility index (Phi) is 4.30. The van der Waals surface area contributed by atoms with E-state index in [9.17, 15) is 10.1 Å². The van der Waals surface area contributed by atoms with Crippen LogP contribution in [0.4, 0.5) is 5.69 Å². The topological polar surface area (TPSA) is 102 Å². The van der Waals surface area contributed by atoms with Gasteiger partial charge in [0.2, 0.25) is 0 Å². The first-order chi connectivity index (χ1) is 9.88. The summed E-state index contributed by atoms with van der Waals surface area (Å²) in [5.74, 6) is 0.581. The number of nitrogens with one attached hydrogen (secondary N) is 1. The van der Waals surface area contributed by atoms with Crippen LogP contribution in [0, 0.1) is 15.5 Å². The van der Waals surface area contributed by atoms with E-state index in [2.05, 4.69) is 0 Å². The highest BCUT2D eigenvalue weighted by Gasteiger charge is 2.13. The van der Waals surface area contributed by atoms with Crippen LogP contribution in [0.25, 0.3) is 0 Å². The van der Waals surface area contributed by atoms with E-state index in [0.717, 1.165) is 0 Å². The maximum atomic E-state index is 10.7. The van der Waals surface area contributed by atoms with E-state index < -0.39 is 4.92 Å². The van der Waals surface area contributed by atoms with Crippen molar-refractivity contribution in [2.24, 2.45) is 5.73 Å². The largest absolute Gasteiger partial charge is 0.457 e. The van der Waals surface area contributed by atoms with Gasteiger partial charge in [0.25, 0.3) is 5.69 Å². The van der Waals surface area contributed by atoms with Gasteiger partial charge >= 0.3 is 0 Å². The lowest BCUT2D eigenvalue weighted by Crippen LogP contribution is -2.11. The standard InChI is InChI=1S/C13H9Cl2N3O3/c14-10-5-7(1-3-9(10)13(16)17)21-8-2-4-12(18(19)20)11(15)6-8/h1-6H,(H3,16,17). The molecule has 0 aromatic heterocycles. The van der Waals surface area contributed by atoms with Crippen molar-refractivity contribution in [3.05, 3.63) is 62.1 Å². The summed E-state index contributed by atoms with van der Waals surface area (Å²) >= 11 is 11.8. The van der Waals surface area contributed by atoms with Crippen LogP contribution in [0.1, 0.15) is 5.56 Å². The minimum Gasteiger partial charge on any atom is -0.457 e. The Morgan fingerprint density at radius 1 is 1.14 bits per heavy atom. The minimum absolute atomic E-state index is 0.0241. The number of rotatable bonds is 4. The van der Waals surface area contributed by atoms with Gasteiger partial charge in [-0.25, -0.2) is 0 Å². The number of nitro groups is 1. The molecule has 6 nitrogen and oxygen atoms in total. The molecule has 0 fully saturated rings. The number of hydrogen-bond donors (Lipinski definition) is 2. The maximum Gasteiger partial charge on any atom is 0.288 e. The second kappa shape index (κ2) is 5.99. The summed E-state index contributed by atoms with van der Waals surface area (Å²) in [6.07, 6.45) is 0. The molecule has 0 heterocycles. The number of halogens is 2. The lowest BCUT2D eigenvalue weighted by atomic mass is 10.2. The summed E-state index contributed by atoms with van der Waals surface area (Å²) in [5.41, 5.74) is 5.55. The van der Waals surface area contributed by atoms with Crippen molar-refractivity contribution in [3.8, 4) is 11.5 Å². The molecule has 3 N–H and O–H groups in total. The number of nitrogens with two attached hydrogens (primary N) is 1. The Labute approximate surface area is 129 Å². The second-order valence-electron chi connectivity index (χ2n) is 4.03. The molecule has 2 aromatic carbocycles. The van der Waals surface area contributed by atoms with E-state index in [-0.39, 0.29) is 21.6 Å². The van der Waals surface area contributed by atoms with E-state index in [0.29, 0.717) is 17.1 Å². The van der Waals surface area contributed by atoms with Crippen LogP contribution in [0.2, 0.25) is 10.0 Å². The van der Waals surface area contributed by atoms with Crippen LogP contribution in [-0.4, -0.2) is 10.8 Å². The van der Waals surface area contributed by atoms with Gasteiger partial charge in [-0.2, -0.15) is 0 Å². The first-order valence-corrected chi connectivity index (χ1v) is 6.40. The number of nitro benzene ring substituents is 1. The average Bonchev–Trinajstić information content (AvgIpc) is 2.37. The second-order valence-corrected chi connectivity index (χ2v) is 4.84. The van der Waals surface area contributed by atoms with Gasteiger partial charge in [0.1, 0.15) is 22.4 Å². The number of hydrogen-bond acceptors (Lipinski definition) is 4. The third-order valence-electron chi connectivity index (χ3n) is 2.58. The fraction of sp³-hybridized carbons (Fsp3) is 0. The molecule has 0 spiro atoms. The molecule has 0 bridgehead atoms. The van der Waals surface area contributed by atoms with Crippen LogP contribution in [-0.2, 0) is 0 Å². The zero-order valence-electron chi connectivity index (χ0n) is 10.5. The molecule has 0 amide bonds. The zero-order valence-corrected chi connectivity index (χ0v) is 12.0. The molecule has 0 aliphatic rings. The fourth-order valence-corrected chi connectivity index (χ4v) is 2.12. The van der Waals surface area contributed by atoms with Crippen molar-refractivity contribution in [2.75, 3.05) is 0 Å². The lowest BCUT2D eigenvalue weighted by Gasteiger charge is -2.08. The van der Waals surface area contributed by atoms with Crippen LogP contribution < -0.4 is 10.5 Å². The molecular formula is C13H9Cl2N3O3. The molecule has 8 heteroatoms. The molecule has 21 heavy (non-hydrogen) atoms. The lowest BCUT2D eigenvalue weighted by molar-refractivity contribution is -0.384. The number of amidine groups is 1. The van der Waals surface area contributed by atoms with Gasteiger partial charge in [-0.3, -0.25) is 15.5 Å². The predicted octanol–water partition coefficient (Wildman–Crippen LogP) is 3.98. The Morgan fingerprint density at radius 3 is 2.19 bits per heavy atom. The normalized spacial score (nSPS) is 10.2. The molecule has 0 saturated heterocycles. The van der Waals surface area contributed by atoms with Crippen LogP contribution in [0.3, 0.4) is 0 Å². The van der Waals surface area contributed by atoms with Gasteiger partial charge in [-0.05, 0) is 18.2 Å². The molecular weight excluding hydrogens is 317 g/mol. The number of nitrogens with zero attached hydrogens (tertiary/aromatic N) is 1. The molecule has 0 atom stereocenters. The highest BCUT2D eigenvalue weighted by atomic mass is 35.5. The molecule has 108 valence electrons. The molecule has 0 aliphatic carbocycles. The van der Waals surface area contributed by atoms with E-state index in [4.69, 9.17) is 39.1 Å². The van der Waals surface area contributed by atoms with E-state index in [1.165, 1.54) is 24.3 Å². The van der Waals surface area contributed by atoms with Crippen molar-refractivity contribution in [3.63, 3.8) is 0 Å². The van der Waals surface area contributed by atoms with Gasteiger partial charge in [0.05, 0.1) is 9.95 Å². The minimum atomic E-state index is -0.579. The van der Waals surface area contributed by atoms with Gasteiger partial charge in [0, 0.05) is 23.8 Å². The van der Waals surface area contributed by atoms with Crippen LogP contribution in [0.5, 0.6) is 11.5 Å². The molecule has 0 unspecified atom stereocenters. The van der Waals surface area contributed by atoms with Crippen molar-refractivity contribution in [2.45, 2.75) is 0 Å². The van der Waals surface area contributed by atoms with E-state index in [1.807, 2.05) is 0 Å². The Balaban J connectivity index is 2.26. The van der Waals surface area contributed by atoms with Crippen LogP contribution in [0.15, 0.2) is 36.4 Å².